The number of benzene rings is 2. The van der Waals surface area contributed by atoms with Crippen LogP contribution in [0.4, 0.5) is 27.4 Å². The molecule has 8 nitrogen and oxygen atoms in total. The van der Waals surface area contributed by atoms with E-state index in [1.54, 1.807) is 24.3 Å². The second kappa shape index (κ2) is 9.49. The summed E-state index contributed by atoms with van der Waals surface area (Å²) in [5, 5.41) is 3.24. The van der Waals surface area contributed by atoms with Crippen molar-refractivity contribution < 1.29 is 17.5 Å². The molecule has 2 aromatic carbocycles. The summed E-state index contributed by atoms with van der Waals surface area (Å²) >= 11 is 0. The zero-order chi connectivity index (χ0) is 22.6. The third-order valence-corrected chi connectivity index (χ3v) is 6.12. The van der Waals surface area contributed by atoms with E-state index in [2.05, 4.69) is 24.9 Å². The Morgan fingerprint density at radius 2 is 1.66 bits per heavy atom. The molecule has 1 fully saturated rings. The van der Waals surface area contributed by atoms with Crippen LogP contribution in [0.1, 0.15) is 11.4 Å². The maximum atomic E-state index is 13.0. The number of rotatable bonds is 7. The van der Waals surface area contributed by atoms with E-state index >= 15 is 0 Å². The van der Waals surface area contributed by atoms with E-state index in [-0.39, 0.29) is 5.75 Å². The van der Waals surface area contributed by atoms with Crippen molar-refractivity contribution in [1.82, 2.24) is 9.97 Å². The summed E-state index contributed by atoms with van der Waals surface area (Å²) in [6.45, 7) is 4.74. The van der Waals surface area contributed by atoms with Gasteiger partial charge in [-0.2, -0.15) is 0 Å². The van der Waals surface area contributed by atoms with Crippen LogP contribution in [-0.2, 0) is 20.5 Å². The fraction of sp³-hybridized carbons (Fsp3) is 0.273. The van der Waals surface area contributed by atoms with Gasteiger partial charge in [-0.15, -0.1) is 0 Å². The van der Waals surface area contributed by atoms with E-state index < -0.39 is 15.8 Å². The molecule has 1 saturated heterocycles. The minimum Gasteiger partial charge on any atom is -0.378 e. The number of sulfonamides is 1. The highest BCUT2D eigenvalue weighted by molar-refractivity contribution is 7.91. The van der Waals surface area contributed by atoms with E-state index in [4.69, 9.17) is 4.74 Å². The smallest absolute Gasteiger partial charge is 0.236 e. The number of hydrogen-bond acceptors (Lipinski definition) is 7. The van der Waals surface area contributed by atoms with Crippen LogP contribution in [0.3, 0.4) is 0 Å². The fourth-order valence-corrected chi connectivity index (χ4v) is 4.55. The van der Waals surface area contributed by atoms with Crippen molar-refractivity contribution in [2.45, 2.75) is 12.7 Å². The molecule has 0 spiro atoms. The van der Waals surface area contributed by atoms with Gasteiger partial charge >= 0.3 is 0 Å². The molecule has 10 heteroatoms. The van der Waals surface area contributed by atoms with Crippen LogP contribution in [0.5, 0.6) is 0 Å². The second-order valence-electron chi connectivity index (χ2n) is 7.45. The Labute approximate surface area is 186 Å². The summed E-state index contributed by atoms with van der Waals surface area (Å²) < 4.78 is 45.8. The third-order valence-electron chi connectivity index (χ3n) is 4.86. The number of hydrogen-bond donors (Lipinski definition) is 2. The molecule has 2 heterocycles. The highest BCUT2D eigenvalue weighted by atomic mass is 32.2. The lowest BCUT2D eigenvalue weighted by molar-refractivity contribution is 0.122. The molecule has 1 aliphatic rings. The molecule has 1 aliphatic heterocycles. The normalized spacial score (nSPS) is 14.2. The average Bonchev–Trinajstić information content (AvgIpc) is 2.77. The lowest BCUT2D eigenvalue weighted by atomic mass is 10.2. The first-order valence-corrected chi connectivity index (χ1v) is 11.8. The van der Waals surface area contributed by atoms with Gasteiger partial charge in [0.2, 0.25) is 10.0 Å². The quantitative estimate of drug-likeness (QED) is 0.561. The van der Waals surface area contributed by atoms with Gasteiger partial charge in [0, 0.05) is 30.5 Å². The summed E-state index contributed by atoms with van der Waals surface area (Å²) in [5.41, 5.74) is 1.70. The number of anilines is 4. The summed E-state index contributed by atoms with van der Waals surface area (Å²) in [5.74, 6) is 1.51. The molecule has 32 heavy (non-hydrogen) atoms. The van der Waals surface area contributed by atoms with E-state index in [9.17, 15) is 12.8 Å². The van der Waals surface area contributed by atoms with Gasteiger partial charge < -0.3 is 15.0 Å². The summed E-state index contributed by atoms with van der Waals surface area (Å²) in [7, 11) is -3.63. The number of nitrogens with zero attached hydrogens (tertiary/aromatic N) is 3. The molecular formula is C22H24FN5O3S. The van der Waals surface area contributed by atoms with Gasteiger partial charge in [-0.25, -0.2) is 22.8 Å². The standard InChI is InChI=1S/C22H24FN5O3S/c1-16-24-21(14-22(25-16)28-10-12-31-13-11-28)26-19-6-8-20(9-7-19)27-32(29,30)15-17-2-4-18(23)5-3-17/h2-9,14,27H,10-13,15H2,1H3,(H,24,25,26). The zero-order valence-electron chi connectivity index (χ0n) is 17.6. The largest absolute Gasteiger partial charge is 0.378 e. The van der Waals surface area contributed by atoms with Crippen LogP contribution in [0.15, 0.2) is 54.6 Å². The zero-order valence-corrected chi connectivity index (χ0v) is 18.4. The van der Waals surface area contributed by atoms with Crippen LogP contribution < -0.4 is 14.9 Å². The van der Waals surface area contributed by atoms with Crippen LogP contribution in [0.2, 0.25) is 0 Å². The minimum absolute atomic E-state index is 0.238. The van der Waals surface area contributed by atoms with Gasteiger partial charge in [-0.05, 0) is 48.9 Å². The molecule has 0 aliphatic carbocycles. The van der Waals surface area contributed by atoms with Gasteiger partial charge in [0.05, 0.1) is 19.0 Å². The van der Waals surface area contributed by atoms with Crippen molar-refractivity contribution in [3.05, 3.63) is 71.8 Å². The second-order valence-corrected chi connectivity index (χ2v) is 9.17. The first-order valence-electron chi connectivity index (χ1n) is 10.2. The van der Waals surface area contributed by atoms with Gasteiger partial charge in [-0.3, -0.25) is 4.72 Å². The van der Waals surface area contributed by atoms with Crippen LogP contribution in [0, 0.1) is 12.7 Å². The number of nitrogens with one attached hydrogen (secondary N) is 2. The maximum Gasteiger partial charge on any atom is 0.236 e. The molecule has 0 bridgehead atoms. The van der Waals surface area contributed by atoms with Crippen molar-refractivity contribution in [1.29, 1.82) is 0 Å². The lowest BCUT2D eigenvalue weighted by Gasteiger charge is -2.28. The molecular weight excluding hydrogens is 433 g/mol. The van der Waals surface area contributed by atoms with Crippen molar-refractivity contribution in [3.63, 3.8) is 0 Å². The molecule has 3 aromatic rings. The Hall–Kier alpha value is -3.24. The molecule has 0 atom stereocenters. The average molecular weight is 458 g/mol. The Morgan fingerprint density at radius 3 is 2.34 bits per heavy atom. The Kier molecular flexibility index (Phi) is 6.52. The third kappa shape index (κ3) is 5.92. The van der Waals surface area contributed by atoms with Gasteiger partial charge in [0.25, 0.3) is 0 Å². The molecule has 0 saturated carbocycles. The van der Waals surface area contributed by atoms with Crippen LogP contribution in [0.25, 0.3) is 0 Å². The summed E-state index contributed by atoms with van der Waals surface area (Å²) in [6, 6.07) is 14.1. The number of morpholine rings is 1. The Morgan fingerprint density at radius 1 is 1.00 bits per heavy atom. The molecule has 2 N–H and O–H groups in total. The van der Waals surface area contributed by atoms with Gasteiger partial charge in [-0.1, -0.05) is 12.1 Å². The predicted molar refractivity (Wildman–Crippen MR) is 122 cm³/mol. The highest BCUT2D eigenvalue weighted by Gasteiger charge is 2.15. The monoisotopic (exact) mass is 457 g/mol. The Balaban J connectivity index is 1.41. The minimum atomic E-state index is -3.63. The molecule has 0 amide bonds. The topological polar surface area (TPSA) is 96.5 Å². The maximum absolute atomic E-state index is 13.0. The van der Waals surface area contributed by atoms with E-state index in [1.165, 1.54) is 24.3 Å². The number of halogens is 1. The van der Waals surface area contributed by atoms with E-state index in [1.807, 2.05) is 13.0 Å². The van der Waals surface area contributed by atoms with E-state index in [0.29, 0.717) is 36.1 Å². The van der Waals surface area contributed by atoms with Crippen molar-refractivity contribution in [2.75, 3.05) is 41.2 Å². The number of aryl methyl sites for hydroxylation is 1. The van der Waals surface area contributed by atoms with E-state index in [0.717, 1.165) is 24.6 Å². The first kappa shape index (κ1) is 22.0. The first-order chi connectivity index (χ1) is 15.4. The van der Waals surface area contributed by atoms with Crippen LogP contribution >= 0.6 is 0 Å². The summed E-state index contributed by atoms with van der Waals surface area (Å²) in [4.78, 5) is 11.1. The van der Waals surface area contributed by atoms with Crippen LogP contribution in [-0.4, -0.2) is 44.7 Å². The number of aromatic nitrogens is 2. The summed E-state index contributed by atoms with van der Waals surface area (Å²) in [6.07, 6.45) is 0. The fourth-order valence-electron chi connectivity index (χ4n) is 3.36. The SMILES string of the molecule is Cc1nc(Nc2ccc(NS(=O)(=O)Cc3ccc(F)cc3)cc2)cc(N2CCOCC2)n1. The molecule has 1 aromatic heterocycles. The van der Waals surface area contributed by atoms with Gasteiger partial charge in [0.1, 0.15) is 23.3 Å². The molecule has 0 radical (unpaired) electrons. The molecule has 168 valence electrons. The Bertz CT molecular complexity index is 1170. The molecule has 0 unspecified atom stereocenters. The van der Waals surface area contributed by atoms with Crippen molar-refractivity contribution in [3.8, 4) is 0 Å². The number of ether oxygens (including phenoxy) is 1. The lowest BCUT2D eigenvalue weighted by Crippen LogP contribution is -2.36. The highest BCUT2D eigenvalue weighted by Crippen LogP contribution is 2.22. The van der Waals surface area contributed by atoms with Crippen molar-refractivity contribution >= 4 is 33.0 Å². The predicted octanol–water partition coefficient (Wildman–Crippen LogP) is 3.45. The van der Waals surface area contributed by atoms with Gasteiger partial charge in [0.15, 0.2) is 0 Å². The molecule has 4 rings (SSSR count). The van der Waals surface area contributed by atoms with Crippen molar-refractivity contribution in [2.24, 2.45) is 0 Å².